The molecule has 0 amide bonds. The first-order chi connectivity index (χ1) is 9.28. The van der Waals surface area contributed by atoms with Gasteiger partial charge in [-0.1, -0.05) is 51.0 Å². The van der Waals surface area contributed by atoms with E-state index in [1.807, 2.05) is 0 Å². The van der Waals surface area contributed by atoms with Gasteiger partial charge in [0.05, 0.1) is 0 Å². The fourth-order valence-corrected chi connectivity index (χ4v) is 3.17. The second-order valence-electron chi connectivity index (χ2n) is 5.80. The maximum absolute atomic E-state index is 3.37. The van der Waals surface area contributed by atoms with Gasteiger partial charge >= 0.3 is 0 Å². The molecule has 1 atom stereocenters. The van der Waals surface area contributed by atoms with Crippen LogP contribution in [0.1, 0.15) is 37.8 Å². The van der Waals surface area contributed by atoms with E-state index in [1.54, 1.807) is 5.56 Å². The molecule has 1 aliphatic rings. The maximum Gasteiger partial charge on any atom is 0.0264 e. The average Bonchev–Trinajstić information content (AvgIpc) is 2.45. The smallest absolute Gasteiger partial charge is 0.0264 e. The number of nitrogens with one attached hydrogen (secondary N) is 1. The van der Waals surface area contributed by atoms with Gasteiger partial charge in [-0.2, -0.15) is 0 Å². The number of rotatable bonds is 6. The van der Waals surface area contributed by atoms with Gasteiger partial charge in [-0.05, 0) is 30.5 Å². The Kier molecular flexibility index (Phi) is 5.41. The van der Waals surface area contributed by atoms with Crippen molar-refractivity contribution in [3.63, 3.8) is 0 Å². The molecule has 2 rings (SSSR count). The quantitative estimate of drug-likeness (QED) is 0.845. The Balaban J connectivity index is 2.11. The van der Waals surface area contributed by atoms with Crippen LogP contribution in [-0.2, 0) is 13.0 Å². The molecule has 19 heavy (non-hydrogen) atoms. The first-order valence-electron chi connectivity index (χ1n) is 7.73. The van der Waals surface area contributed by atoms with Crippen LogP contribution in [0.25, 0.3) is 0 Å². The van der Waals surface area contributed by atoms with E-state index < -0.39 is 0 Å². The van der Waals surface area contributed by atoms with E-state index in [0.717, 1.165) is 19.0 Å². The van der Waals surface area contributed by atoms with E-state index in [-0.39, 0.29) is 0 Å². The lowest BCUT2D eigenvalue weighted by molar-refractivity contribution is 0.139. The van der Waals surface area contributed by atoms with Gasteiger partial charge in [0.15, 0.2) is 0 Å². The third-order valence-corrected chi connectivity index (χ3v) is 4.55. The topological polar surface area (TPSA) is 15.3 Å². The Labute approximate surface area is 118 Å². The Morgan fingerprint density at radius 2 is 1.89 bits per heavy atom. The molecule has 1 unspecified atom stereocenters. The third kappa shape index (κ3) is 3.58. The van der Waals surface area contributed by atoms with Gasteiger partial charge in [-0.15, -0.1) is 0 Å². The van der Waals surface area contributed by atoms with E-state index in [4.69, 9.17) is 0 Å². The highest BCUT2D eigenvalue weighted by molar-refractivity contribution is 5.30. The SMILES string of the molecule is CCC(CC)CN1Cc2ccccc2CC1CNC. The van der Waals surface area contributed by atoms with Gasteiger partial charge in [-0.3, -0.25) is 4.90 Å². The summed E-state index contributed by atoms with van der Waals surface area (Å²) in [6, 6.07) is 9.59. The van der Waals surface area contributed by atoms with E-state index in [9.17, 15) is 0 Å². The van der Waals surface area contributed by atoms with Gasteiger partial charge in [0.2, 0.25) is 0 Å². The molecule has 0 spiro atoms. The van der Waals surface area contributed by atoms with Gasteiger partial charge in [-0.25, -0.2) is 0 Å². The monoisotopic (exact) mass is 260 g/mol. The number of likely N-dealkylation sites (N-methyl/N-ethyl adjacent to an activating group) is 1. The molecule has 1 aromatic carbocycles. The summed E-state index contributed by atoms with van der Waals surface area (Å²) in [5.74, 6) is 0.838. The number of fused-ring (bicyclic) bond motifs is 1. The van der Waals surface area contributed by atoms with Crippen molar-refractivity contribution in [1.82, 2.24) is 10.2 Å². The Hall–Kier alpha value is -0.860. The number of nitrogens with zero attached hydrogens (tertiary/aromatic N) is 1. The summed E-state index contributed by atoms with van der Waals surface area (Å²) >= 11 is 0. The standard InChI is InChI=1S/C17H28N2/c1-4-14(5-2)12-19-13-16-9-7-6-8-15(16)10-17(19)11-18-3/h6-9,14,17-18H,4-5,10-13H2,1-3H3. The van der Waals surface area contributed by atoms with Crippen molar-refractivity contribution in [2.45, 2.75) is 45.7 Å². The summed E-state index contributed by atoms with van der Waals surface area (Å²) in [4.78, 5) is 2.69. The molecule has 1 aliphatic heterocycles. The minimum atomic E-state index is 0.653. The van der Waals surface area contributed by atoms with E-state index >= 15 is 0 Å². The third-order valence-electron chi connectivity index (χ3n) is 4.55. The van der Waals surface area contributed by atoms with Gasteiger partial charge in [0.1, 0.15) is 0 Å². The summed E-state index contributed by atoms with van der Waals surface area (Å²) in [7, 11) is 2.07. The van der Waals surface area contributed by atoms with Gasteiger partial charge < -0.3 is 5.32 Å². The zero-order valence-corrected chi connectivity index (χ0v) is 12.7. The summed E-state index contributed by atoms with van der Waals surface area (Å²) in [5.41, 5.74) is 3.07. The van der Waals surface area contributed by atoms with Crippen molar-refractivity contribution < 1.29 is 0 Å². The van der Waals surface area contributed by atoms with Crippen LogP contribution >= 0.6 is 0 Å². The number of benzene rings is 1. The lowest BCUT2D eigenvalue weighted by atomic mass is 9.92. The molecule has 1 N–H and O–H groups in total. The van der Waals surface area contributed by atoms with Crippen molar-refractivity contribution >= 4 is 0 Å². The summed E-state index contributed by atoms with van der Waals surface area (Å²) in [6.45, 7) is 8.10. The summed E-state index contributed by atoms with van der Waals surface area (Å²) < 4.78 is 0. The summed E-state index contributed by atoms with van der Waals surface area (Å²) in [6.07, 6.45) is 3.78. The molecule has 106 valence electrons. The number of hydrogen-bond donors (Lipinski definition) is 1. The van der Waals surface area contributed by atoms with Gasteiger partial charge in [0.25, 0.3) is 0 Å². The molecule has 0 radical (unpaired) electrons. The van der Waals surface area contributed by atoms with Crippen LogP contribution in [0.2, 0.25) is 0 Å². The van der Waals surface area contributed by atoms with Gasteiger partial charge in [0, 0.05) is 25.7 Å². The van der Waals surface area contributed by atoms with Crippen molar-refractivity contribution in [1.29, 1.82) is 0 Å². The van der Waals surface area contributed by atoms with Crippen LogP contribution in [0.3, 0.4) is 0 Å². The highest BCUT2D eigenvalue weighted by atomic mass is 15.2. The fraction of sp³-hybridized carbons (Fsp3) is 0.647. The van der Waals surface area contributed by atoms with E-state index in [2.05, 4.69) is 55.4 Å². The molecular weight excluding hydrogens is 232 g/mol. The van der Waals surface area contributed by atoms with Crippen LogP contribution < -0.4 is 5.32 Å². The molecule has 0 saturated heterocycles. The van der Waals surface area contributed by atoms with Crippen LogP contribution in [0, 0.1) is 5.92 Å². The molecule has 2 heteroatoms. The minimum absolute atomic E-state index is 0.653. The predicted octanol–water partition coefficient (Wildman–Crippen LogP) is 3.07. The lowest BCUT2D eigenvalue weighted by Gasteiger charge is -2.38. The van der Waals surface area contributed by atoms with E-state index in [1.165, 1.54) is 31.4 Å². The lowest BCUT2D eigenvalue weighted by Crippen LogP contribution is -2.47. The maximum atomic E-state index is 3.37. The second kappa shape index (κ2) is 7.06. The van der Waals surface area contributed by atoms with Crippen LogP contribution in [0.5, 0.6) is 0 Å². The molecule has 0 saturated carbocycles. The summed E-state index contributed by atoms with van der Waals surface area (Å²) in [5, 5.41) is 3.37. The zero-order chi connectivity index (χ0) is 13.7. The number of hydrogen-bond acceptors (Lipinski definition) is 2. The van der Waals surface area contributed by atoms with E-state index in [0.29, 0.717) is 6.04 Å². The first-order valence-corrected chi connectivity index (χ1v) is 7.73. The van der Waals surface area contributed by atoms with Crippen LogP contribution in [0.4, 0.5) is 0 Å². The zero-order valence-electron chi connectivity index (χ0n) is 12.7. The van der Waals surface area contributed by atoms with Crippen LogP contribution in [-0.4, -0.2) is 31.1 Å². The highest BCUT2D eigenvalue weighted by Gasteiger charge is 2.26. The normalized spacial score (nSPS) is 19.7. The average molecular weight is 260 g/mol. The largest absolute Gasteiger partial charge is 0.318 e. The first kappa shape index (κ1) is 14.5. The Morgan fingerprint density at radius 1 is 1.21 bits per heavy atom. The van der Waals surface area contributed by atoms with Crippen molar-refractivity contribution in [3.05, 3.63) is 35.4 Å². The molecule has 0 bridgehead atoms. The fourth-order valence-electron chi connectivity index (χ4n) is 3.17. The molecule has 0 fully saturated rings. The molecule has 0 aliphatic carbocycles. The highest BCUT2D eigenvalue weighted by Crippen LogP contribution is 2.25. The van der Waals surface area contributed by atoms with Crippen LogP contribution in [0.15, 0.2) is 24.3 Å². The predicted molar refractivity (Wildman–Crippen MR) is 82.3 cm³/mol. The van der Waals surface area contributed by atoms with Crippen molar-refractivity contribution in [2.24, 2.45) is 5.92 Å². The molecule has 1 aromatic rings. The molecule has 2 nitrogen and oxygen atoms in total. The Bertz CT molecular complexity index is 385. The van der Waals surface area contributed by atoms with Crippen molar-refractivity contribution in [3.8, 4) is 0 Å². The molecular formula is C17H28N2. The second-order valence-corrected chi connectivity index (χ2v) is 5.80. The molecule has 0 aromatic heterocycles. The Morgan fingerprint density at radius 3 is 2.53 bits per heavy atom. The molecule has 1 heterocycles. The van der Waals surface area contributed by atoms with Crippen molar-refractivity contribution in [2.75, 3.05) is 20.1 Å². The minimum Gasteiger partial charge on any atom is -0.318 e.